The van der Waals surface area contributed by atoms with Crippen molar-refractivity contribution in [2.75, 3.05) is 18.4 Å². The molecule has 0 spiro atoms. The molecule has 7 nitrogen and oxygen atoms in total. The van der Waals surface area contributed by atoms with Crippen molar-refractivity contribution in [3.63, 3.8) is 0 Å². The van der Waals surface area contributed by atoms with Crippen LogP contribution >= 0.6 is 11.3 Å². The summed E-state index contributed by atoms with van der Waals surface area (Å²) in [5, 5.41) is 16.4. The Labute approximate surface area is 155 Å². The van der Waals surface area contributed by atoms with Gasteiger partial charge in [0.2, 0.25) is 5.91 Å². The minimum atomic E-state index is -0.454. The predicted molar refractivity (Wildman–Crippen MR) is 102 cm³/mol. The quantitative estimate of drug-likeness (QED) is 0.302. The zero-order chi connectivity index (χ0) is 19.1. The van der Waals surface area contributed by atoms with E-state index in [1.54, 1.807) is 23.5 Å². The number of nitro benzene ring substituents is 1. The molecule has 0 saturated carbocycles. The van der Waals surface area contributed by atoms with E-state index in [1.807, 2.05) is 19.9 Å². The molecule has 0 radical (unpaired) electrons. The number of hydrogen-bond donors (Lipinski definition) is 2. The van der Waals surface area contributed by atoms with Gasteiger partial charge in [-0.15, -0.1) is 11.3 Å². The highest BCUT2D eigenvalue weighted by Crippen LogP contribution is 2.22. The van der Waals surface area contributed by atoms with Gasteiger partial charge in [0, 0.05) is 59.1 Å². The van der Waals surface area contributed by atoms with Crippen LogP contribution in [-0.2, 0) is 4.79 Å². The molecule has 0 aliphatic rings. The summed E-state index contributed by atoms with van der Waals surface area (Å²) in [6.45, 7) is 4.76. The maximum absolute atomic E-state index is 12.1. The molecule has 138 valence electrons. The van der Waals surface area contributed by atoms with Crippen molar-refractivity contribution in [2.24, 2.45) is 0 Å². The number of Topliss-reactive ketones (excluding diaryl/α,β-unsaturated/α-hetero) is 1. The molecule has 2 N–H and O–H groups in total. The van der Waals surface area contributed by atoms with Gasteiger partial charge < -0.3 is 10.6 Å². The molecule has 1 aromatic heterocycles. The maximum Gasteiger partial charge on any atom is 0.269 e. The molecule has 26 heavy (non-hydrogen) atoms. The zero-order valence-corrected chi connectivity index (χ0v) is 15.5. The van der Waals surface area contributed by atoms with E-state index in [0.29, 0.717) is 18.7 Å². The van der Waals surface area contributed by atoms with Crippen LogP contribution in [0.15, 0.2) is 30.3 Å². The average molecular weight is 375 g/mol. The summed E-state index contributed by atoms with van der Waals surface area (Å²) in [5.74, 6) is -0.181. The SMILES string of the molecule is Cc1cc(C(=O)CCC(=O)NCCNc2ccc([N+](=O)[O-])cc2)c(C)s1. The van der Waals surface area contributed by atoms with Crippen molar-refractivity contribution in [1.29, 1.82) is 0 Å². The minimum absolute atomic E-state index is 0.00833. The van der Waals surface area contributed by atoms with Crippen LogP contribution in [0.2, 0.25) is 0 Å². The topological polar surface area (TPSA) is 101 Å². The lowest BCUT2D eigenvalue weighted by atomic mass is 10.1. The smallest absolute Gasteiger partial charge is 0.269 e. The number of carbonyl (C=O) groups is 2. The second-order valence-corrected chi connectivity index (χ2v) is 7.29. The first kappa shape index (κ1) is 19.6. The molecular formula is C18H21N3O4S. The van der Waals surface area contributed by atoms with E-state index in [-0.39, 0.29) is 30.2 Å². The second kappa shape index (κ2) is 9.10. The molecule has 0 fully saturated rings. The van der Waals surface area contributed by atoms with Crippen LogP contribution in [0.5, 0.6) is 0 Å². The number of aryl methyl sites for hydroxylation is 2. The summed E-state index contributed by atoms with van der Waals surface area (Å²) in [6, 6.07) is 7.93. The number of nitrogens with zero attached hydrogens (tertiary/aromatic N) is 1. The fraction of sp³-hybridized carbons (Fsp3) is 0.333. The first-order chi connectivity index (χ1) is 12.4. The van der Waals surface area contributed by atoms with E-state index in [0.717, 1.165) is 15.4 Å². The Hall–Kier alpha value is -2.74. The Morgan fingerprint density at radius 3 is 2.38 bits per heavy atom. The molecule has 0 aliphatic carbocycles. The Morgan fingerprint density at radius 2 is 1.81 bits per heavy atom. The van der Waals surface area contributed by atoms with Crippen molar-refractivity contribution in [3.05, 3.63) is 55.8 Å². The number of hydrogen-bond acceptors (Lipinski definition) is 6. The molecule has 0 atom stereocenters. The van der Waals surface area contributed by atoms with Crippen LogP contribution in [-0.4, -0.2) is 29.7 Å². The zero-order valence-electron chi connectivity index (χ0n) is 14.7. The van der Waals surface area contributed by atoms with E-state index in [9.17, 15) is 19.7 Å². The Bertz CT molecular complexity index is 799. The van der Waals surface area contributed by atoms with Crippen LogP contribution in [0.3, 0.4) is 0 Å². The van der Waals surface area contributed by atoms with Crippen molar-refractivity contribution in [1.82, 2.24) is 5.32 Å². The van der Waals surface area contributed by atoms with Crippen LogP contribution in [0, 0.1) is 24.0 Å². The van der Waals surface area contributed by atoms with E-state index in [2.05, 4.69) is 10.6 Å². The van der Waals surface area contributed by atoms with Crippen LogP contribution < -0.4 is 10.6 Å². The number of nitrogens with one attached hydrogen (secondary N) is 2. The van der Waals surface area contributed by atoms with Gasteiger partial charge in [0.25, 0.3) is 5.69 Å². The number of ketones is 1. The van der Waals surface area contributed by atoms with Crippen molar-refractivity contribution >= 4 is 34.4 Å². The van der Waals surface area contributed by atoms with E-state index >= 15 is 0 Å². The number of nitro groups is 1. The average Bonchev–Trinajstić information content (AvgIpc) is 2.95. The van der Waals surface area contributed by atoms with Gasteiger partial charge in [-0.1, -0.05) is 0 Å². The van der Waals surface area contributed by atoms with Gasteiger partial charge >= 0.3 is 0 Å². The molecule has 0 saturated heterocycles. The minimum Gasteiger partial charge on any atom is -0.383 e. The van der Waals surface area contributed by atoms with Crippen molar-refractivity contribution in [2.45, 2.75) is 26.7 Å². The summed E-state index contributed by atoms with van der Waals surface area (Å²) in [4.78, 5) is 36.2. The number of amides is 1. The highest BCUT2D eigenvalue weighted by atomic mass is 32.1. The van der Waals surface area contributed by atoms with Crippen molar-refractivity contribution in [3.8, 4) is 0 Å². The summed E-state index contributed by atoms with van der Waals surface area (Å²) in [7, 11) is 0. The van der Waals surface area contributed by atoms with E-state index in [4.69, 9.17) is 0 Å². The molecule has 2 rings (SSSR count). The third-order valence-corrected chi connectivity index (χ3v) is 4.74. The molecule has 1 amide bonds. The summed E-state index contributed by atoms with van der Waals surface area (Å²) in [5.41, 5.74) is 1.48. The number of anilines is 1. The molecule has 0 aliphatic heterocycles. The molecule has 2 aromatic rings. The number of benzene rings is 1. The van der Waals surface area contributed by atoms with E-state index < -0.39 is 4.92 Å². The molecule has 1 heterocycles. The molecular weight excluding hydrogens is 354 g/mol. The third kappa shape index (κ3) is 5.66. The number of non-ortho nitro benzene ring substituents is 1. The Kier molecular flexibility index (Phi) is 6.85. The summed E-state index contributed by atoms with van der Waals surface area (Å²) < 4.78 is 0. The lowest BCUT2D eigenvalue weighted by Gasteiger charge is -2.08. The highest BCUT2D eigenvalue weighted by Gasteiger charge is 2.13. The lowest BCUT2D eigenvalue weighted by Crippen LogP contribution is -2.29. The summed E-state index contributed by atoms with van der Waals surface area (Å²) in [6.07, 6.45) is 0.351. The first-order valence-electron chi connectivity index (χ1n) is 8.22. The van der Waals surface area contributed by atoms with Crippen molar-refractivity contribution < 1.29 is 14.5 Å². The largest absolute Gasteiger partial charge is 0.383 e. The van der Waals surface area contributed by atoms with E-state index in [1.165, 1.54) is 12.1 Å². The normalized spacial score (nSPS) is 10.4. The molecule has 1 aromatic carbocycles. The van der Waals surface area contributed by atoms with Gasteiger partial charge in [0.15, 0.2) is 5.78 Å². The molecule has 0 unspecified atom stereocenters. The van der Waals surface area contributed by atoms with Gasteiger partial charge in [0.05, 0.1) is 4.92 Å². The van der Waals surface area contributed by atoms with Gasteiger partial charge in [0.1, 0.15) is 0 Å². The number of carbonyl (C=O) groups excluding carboxylic acids is 2. The number of thiophene rings is 1. The first-order valence-corrected chi connectivity index (χ1v) is 9.03. The van der Waals surface area contributed by atoms with Gasteiger partial charge in [-0.3, -0.25) is 19.7 Å². The van der Waals surface area contributed by atoms with Crippen LogP contribution in [0.25, 0.3) is 0 Å². The Balaban J connectivity index is 1.66. The van der Waals surface area contributed by atoms with Gasteiger partial charge in [-0.05, 0) is 32.0 Å². The third-order valence-electron chi connectivity index (χ3n) is 3.77. The standard InChI is InChI=1S/C18H21N3O4S/c1-12-11-16(13(2)26-12)17(22)7-8-18(23)20-10-9-19-14-3-5-15(6-4-14)21(24)25/h3-6,11,19H,7-10H2,1-2H3,(H,20,23). The maximum atomic E-state index is 12.1. The summed E-state index contributed by atoms with van der Waals surface area (Å²) >= 11 is 1.58. The molecule has 0 bridgehead atoms. The fourth-order valence-corrected chi connectivity index (χ4v) is 3.41. The fourth-order valence-electron chi connectivity index (χ4n) is 2.47. The van der Waals surface area contributed by atoms with Gasteiger partial charge in [-0.2, -0.15) is 0 Å². The lowest BCUT2D eigenvalue weighted by molar-refractivity contribution is -0.384. The van der Waals surface area contributed by atoms with Crippen LogP contribution in [0.1, 0.15) is 33.0 Å². The monoisotopic (exact) mass is 375 g/mol. The number of rotatable bonds is 9. The Morgan fingerprint density at radius 1 is 1.12 bits per heavy atom. The van der Waals surface area contributed by atoms with Gasteiger partial charge in [-0.25, -0.2) is 0 Å². The second-order valence-electron chi connectivity index (χ2n) is 5.83. The predicted octanol–water partition coefficient (Wildman–Crippen LogP) is 3.46. The van der Waals surface area contributed by atoms with Crippen LogP contribution in [0.4, 0.5) is 11.4 Å². The molecule has 8 heteroatoms. The highest BCUT2D eigenvalue weighted by molar-refractivity contribution is 7.12.